The fourth-order valence-electron chi connectivity index (χ4n) is 4.69. The summed E-state index contributed by atoms with van der Waals surface area (Å²) in [6, 6.07) is 22.2. The lowest BCUT2D eigenvalue weighted by Crippen LogP contribution is -2.25. The standard InChI is InChI=1S/C34H35N3O4S/c1-3-23-5-10-27(35-21-23)15-17-40-29-12-8-26(9-13-29)30-19-25(20-32-33(38)37-34(39)42-32)7-14-31(30)41-18-16-28-11-6-24(4-2)22-36-28/h5-14,19,21-22,32H,3-4,15-18,20H2,1-2H3,(H,37,38,39)/t32-/m0/s1. The quantitative estimate of drug-likeness (QED) is 0.195. The van der Waals surface area contributed by atoms with Gasteiger partial charge in [-0.25, -0.2) is 0 Å². The highest BCUT2D eigenvalue weighted by atomic mass is 32.2. The van der Waals surface area contributed by atoms with Gasteiger partial charge < -0.3 is 9.47 Å². The number of pyridine rings is 2. The minimum absolute atomic E-state index is 0.244. The van der Waals surface area contributed by atoms with Crippen LogP contribution in [0.25, 0.3) is 11.1 Å². The van der Waals surface area contributed by atoms with E-state index in [-0.39, 0.29) is 11.1 Å². The summed E-state index contributed by atoms with van der Waals surface area (Å²) in [5, 5.41) is 1.64. The second-order valence-corrected chi connectivity index (χ2v) is 11.3. The number of hydrogen-bond acceptors (Lipinski definition) is 7. The van der Waals surface area contributed by atoms with Crippen molar-refractivity contribution in [3.63, 3.8) is 0 Å². The number of imide groups is 1. The van der Waals surface area contributed by atoms with E-state index in [0.717, 1.165) is 70.6 Å². The average molecular weight is 582 g/mol. The van der Waals surface area contributed by atoms with E-state index in [2.05, 4.69) is 47.3 Å². The lowest BCUT2D eigenvalue weighted by Gasteiger charge is -2.15. The molecular formula is C34H35N3O4S. The molecule has 4 aromatic rings. The van der Waals surface area contributed by atoms with Crippen molar-refractivity contribution in [1.82, 2.24) is 15.3 Å². The highest BCUT2D eigenvalue weighted by molar-refractivity contribution is 8.15. The molecule has 1 fully saturated rings. The van der Waals surface area contributed by atoms with E-state index >= 15 is 0 Å². The first kappa shape index (κ1) is 29.3. The Morgan fingerprint density at radius 1 is 0.762 bits per heavy atom. The molecular weight excluding hydrogens is 546 g/mol. The highest BCUT2D eigenvalue weighted by Gasteiger charge is 2.31. The normalized spacial score (nSPS) is 14.6. The van der Waals surface area contributed by atoms with E-state index in [1.54, 1.807) is 0 Å². The number of hydrogen-bond donors (Lipinski definition) is 1. The zero-order valence-electron chi connectivity index (χ0n) is 24.0. The van der Waals surface area contributed by atoms with Crippen molar-refractivity contribution >= 4 is 22.9 Å². The van der Waals surface area contributed by atoms with Crippen molar-refractivity contribution in [1.29, 1.82) is 0 Å². The maximum Gasteiger partial charge on any atom is 0.286 e. The zero-order valence-corrected chi connectivity index (χ0v) is 24.8. The number of rotatable bonds is 13. The molecule has 5 rings (SSSR count). The van der Waals surface area contributed by atoms with Crippen molar-refractivity contribution in [3.05, 3.63) is 107 Å². The predicted molar refractivity (Wildman–Crippen MR) is 166 cm³/mol. The van der Waals surface area contributed by atoms with Crippen LogP contribution in [0.1, 0.15) is 41.9 Å². The van der Waals surface area contributed by atoms with E-state index in [1.807, 2.05) is 60.9 Å². The summed E-state index contributed by atoms with van der Waals surface area (Å²) < 4.78 is 12.3. The van der Waals surface area contributed by atoms with Gasteiger partial charge in [0.2, 0.25) is 5.91 Å². The number of benzene rings is 2. The van der Waals surface area contributed by atoms with Crippen molar-refractivity contribution in [2.75, 3.05) is 13.2 Å². The summed E-state index contributed by atoms with van der Waals surface area (Å²) in [5.41, 5.74) is 7.28. The summed E-state index contributed by atoms with van der Waals surface area (Å²) >= 11 is 1.04. The van der Waals surface area contributed by atoms with Crippen molar-refractivity contribution in [2.45, 2.75) is 51.2 Å². The highest BCUT2D eigenvalue weighted by Crippen LogP contribution is 2.34. The molecule has 1 aliphatic heterocycles. The Bertz CT molecular complexity index is 1510. The molecule has 2 aromatic heterocycles. The van der Waals surface area contributed by atoms with E-state index in [4.69, 9.17) is 9.47 Å². The van der Waals surface area contributed by atoms with Gasteiger partial charge >= 0.3 is 0 Å². The molecule has 1 saturated heterocycles. The Labute approximate surface area is 251 Å². The summed E-state index contributed by atoms with van der Waals surface area (Å²) in [7, 11) is 0. The molecule has 0 saturated carbocycles. The fraction of sp³-hybridized carbons (Fsp3) is 0.294. The Morgan fingerprint density at radius 2 is 1.38 bits per heavy atom. The number of aromatic nitrogens is 2. The van der Waals surface area contributed by atoms with Crippen LogP contribution in [0.4, 0.5) is 4.79 Å². The number of carbonyl (C=O) groups excluding carboxylic acids is 2. The first-order valence-corrected chi connectivity index (χ1v) is 15.3. The number of thioether (sulfide) groups is 1. The van der Waals surface area contributed by atoms with Gasteiger partial charge in [0.15, 0.2) is 0 Å². The number of ether oxygens (including phenoxy) is 2. The number of amides is 2. The topological polar surface area (TPSA) is 90.4 Å². The van der Waals surface area contributed by atoms with Crippen LogP contribution in [0, 0.1) is 0 Å². The van der Waals surface area contributed by atoms with Crippen LogP contribution in [-0.2, 0) is 36.9 Å². The van der Waals surface area contributed by atoms with Gasteiger partial charge in [0.1, 0.15) is 11.5 Å². The molecule has 8 heteroatoms. The molecule has 3 heterocycles. The number of nitrogens with one attached hydrogen (secondary N) is 1. The zero-order chi connectivity index (χ0) is 29.3. The molecule has 0 spiro atoms. The van der Waals surface area contributed by atoms with Crippen LogP contribution < -0.4 is 14.8 Å². The van der Waals surface area contributed by atoms with Gasteiger partial charge in [-0.05, 0) is 77.9 Å². The molecule has 42 heavy (non-hydrogen) atoms. The Kier molecular flexibility index (Phi) is 9.87. The smallest absolute Gasteiger partial charge is 0.286 e. The monoisotopic (exact) mass is 581 g/mol. The van der Waals surface area contributed by atoms with Crippen molar-refractivity contribution < 1.29 is 19.1 Å². The van der Waals surface area contributed by atoms with Crippen LogP contribution in [0.5, 0.6) is 11.5 Å². The molecule has 1 N–H and O–H groups in total. The maximum absolute atomic E-state index is 12.2. The number of aryl methyl sites for hydroxylation is 2. The van der Waals surface area contributed by atoms with Crippen LogP contribution >= 0.6 is 11.8 Å². The fourth-order valence-corrected chi connectivity index (χ4v) is 5.55. The third-order valence-electron chi connectivity index (χ3n) is 7.23. The second-order valence-electron chi connectivity index (χ2n) is 10.2. The lowest BCUT2D eigenvalue weighted by atomic mass is 9.99. The third-order valence-corrected chi connectivity index (χ3v) is 8.21. The van der Waals surface area contributed by atoms with Gasteiger partial charge in [-0.2, -0.15) is 0 Å². The Hall–Kier alpha value is -4.17. The summed E-state index contributed by atoms with van der Waals surface area (Å²) in [6.45, 7) is 5.25. The Balaban J connectivity index is 1.28. The van der Waals surface area contributed by atoms with Crippen LogP contribution in [0.3, 0.4) is 0 Å². The Morgan fingerprint density at radius 3 is 1.93 bits per heavy atom. The van der Waals surface area contributed by atoms with E-state index in [0.29, 0.717) is 26.1 Å². The molecule has 2 amide bonds. The van der Waals surface area contributed by atoms with Gasteiger partial charge in [0, 0.05) is 42.2 Å². The van der Waals surface area contributed by atoms with Crippen molar-refractivity contribution in [2.24, 2.45) is 0 Å². The molecule has 1 atom stereocenters. The van der Waals surface area contributed by atoms with Gasteiger partial charge in [0.25, 0.3) is 5.24 Å². The minimum atomic E-state index is -0.433. The SMILES string of the molecule is CCc1ccc(CCOc2ccc(-c3cc(C[C@@H]4SC(=O)NC4=O)ccc3OCCc3ccc(CC)cn3)cc2)nc1. The molecule has 0 radical (unpaired) electrons. The van der Waals surface area contributed by atoms with Gasteiger partial charge in [-0.15, -0.1) is 0 Å². The van der Waals surface area contributed by atoms with Crippen LogP contribution in [0.2, 0.25) is 0 Å². The van der Waals surface area contributed by atoms with Crippen LogP contribution in [-0.4, -0.2) is 39.6 Å². The van der Waals surface area contributed by atoms with E-state index < -0.39 is 5.25 Å². The third kappa shape index (κ3) is 7.76. The van der Waals surface area contributed by atoms with Crippen LogP contribution in [0.15, 0.2) is 79.1 Å². The summed E-state index contributed by atoms with van der Waals surface area (Å²) in [6.07, 6.45) is 7.66. The van der Waals surface area contributed by atoms with E-state index in [1.165, 1.54) is 11.1 Å². The average Bonchev–Trinajstić information content (AvgIpc) is 3.34. The second kappa shape index (κ2) is 14.1. The molecule has 2 aromatic carbocycles. The first-order chi connectivity index (χ1) is 20.5. The predicted octanol–water partition coefficient (Wildman–Crippen LogP) is 6.41. The van der Waals surface area contributed by atoms with Gasteiger partial charge in [0.05, 0.1) is 18.5 Å². The summed E-state index contributed by atoms with van der Waals surface area (Å²) in [4.78, 5) is 32.9. The van der Waals surface area contributed by atoms with Gasteiger partial charge in [-0.3, -0.25) is 24.9 Å². The molecule has 0 unspecified atom stereocenters. The lowest BCUT2D eigenvalue weighted by molar-refractivity contribution is -0.118. The maximum atomic E-state index is 12.2. The van der Waals surface area contributed by atoms with Crippen molar-refractivity contribution in [3.8, 4) is 22.6 Å². The van der Waals surface area contributed by atoms with E-state index in [9.17, 15) is 9.59 Å². The van der Waals surface area contributed by atoms with Gasteiger partial charge in [-0.1, -0.05) is 55.9 Å². The molecule has 7 nitrogen and oxygen atoms in total. The number of carbonyl (C=O) groups is 2. The summed E-state index contributed by atoms with van der Waals surface area (Å²) in [5.74, 6) is 1.28. The largest absolute Gasteiger partial charge is 0.493 e. The molecule has 216 valence electrons. The first-order valence-electron chi connectivity index (χ1n) is 14.4. The molecule has 1 aliphatic rings. The molecule has 0 aliphatic carbocycles. The molecule has 0 bridgehead atoms. The minimum Gasteiger partial charge on any atom is -0.493 e. The number of nitrogens with zero attached hydrogens (tertiary/aromatic N) is 2.